The zero-order chi connectivity index (χ0) is 21.9. The van der Waals surface area contributed by atoms with E-state index in [1.807, 2.05) is 66.8 Å². The van der Waals surface area contributed by atoms with Gasteiger partial charge in [-0.25, -0.2) is 9.97 Å². The molecule has 3 heterocycles. The Kier molecular flexibility index (Phi) is 5.64. The van der Waals surface area contributed by atoms with Crippen LogP contribution in [0.4, 0.5) is 11.6 Å². The molecule has 162 valence electrons. The Morgan fingerprint density at radius 2 is 1.84 bits per heavy atom. The number of fused-ring (bicyclic) bond motifs is 3. The third-order valence-corrected chi connectivity index (χ3v) is 6.15. The van der Waals surface area contributed by atoms with Crippen molar-refractivity contribution in [3.05, 3.63) is 71.4 Å². The van der Waals surface area contributed by atoms with Crippen LogP contribution >= 0.6 is 0 Å². The number of hydrogen-bond acceptors (Lipinski definition) is 6. The smallest absolute Gasteiger partial charge is 0.253 e. The molecule has 0 saturated carbocycles. The summed E-state index contributed by atoms with van der Waals surface area (Å²) in [6.07, 6.45) is 5.70. The van der Waals surface area contributed by atoms with Crippen LogP contribution in [0.1, 0.15) is 34.3 Å². The molecule has 2 N–H and O–H groups in total. The number of rotatable bonds is 4. The van der Waals surface area contributed by atoms with E-state index in [9.17, 15) is 4.79 Å². The summed E-state index contributed by atoms with van der Waals surface area (Å²) in [6.45, 7) is 2.14. The predicted molar refractivity (Wildman–Crippen MR) is 126 cm³/mol. The minimum atomic E-state index is 0.0870. The number of nitrogens with zero attached hydrogens (tertiary/aromatic N) is 4. The van der Waals surface area contributed by atoms with Gasteiger partial charge in [0, 0.05) is 59.5 Å². The van der Waals surface area contributed by atoms with Crippen molar-refractivity contribution in [1.29, 1.82) is 0 Å². The molecule has 1 aromatic heterocycles. The first-order valence-electron chi connectivity index (χ1n) is 11.0. The van der Waals surface area contributed by atoms with Gasteiger partial charge in [0.05, 0.1) is 12.2 Å². The average molecular weight is 427 g/mol. The molecule has 0 unspecified atom stereocenters. The van der Waals surface area contributed by atoms with Gasteiger partial charge in [0.15, 0.2) is 0 Å². The molecule has 32 heavy (non-hydrogen) atoms. The molecule has 2 aromatic carbocycles. The number of hydrogen-bond donors (Lipinski definition) is 2. The molecule has 2 aliphatic heterocycles. The molecule has 7 nitrogen and oxygen atoms in total. The number of carbonyl (C=O) groups is 1. The van der Waals surface area contributed by atoms with Gasteiger partial charge in [-0.2, -0.15) is 0 Å². The minimum Gasteiger partial charge on any atom is -0.339 e. The Morgan fingerprint density at radius 3 is 2.62 bits per heavy atom. The van der Waals surface area contributed by atoms with Crippen LogP contribution in [0.5, 0.6) is 0 Å². The molecular weight excluding hydrogens is 400 g/mol. The first-order valence-corrected chi connectivity index (χ1v) is 11.0. The van der Waals surface area contributed by atoms with Crippen LogP contribution in [-0.4, -0.2) is 53.2 Å². The summed E-state index contributed by atoms with van der Waals surface area (Å²) in [5.41, 5.74) is 5.54. The van der Waals surface area contributed by atoms with Crippen molar-refractivity contribution < 1.29 is 4.79 Å². The maximum Gasteiger partial charge on any atom is 0.253 e. The maximum absolute atomic E-state index is 12.8. The Balaban J connectivity index is 1.31. The summed E-state index contributed by atoms with van der Waals surface area (Å²) in [7, 11) is 1.98. The van der Waals surface area contributed by atoms with E-state index in [-0.39, 0.29) is 5.91 Å². The van der Waals surface area contributed by atoms with E-state index in [1.54, 1.807) is 0 Å². The predicted octanol–water partition coefficient (Wildman–Crippen LogP) is 3.64. The van der Waals surface area contributed by atoms with Crippen LogP contribution in [0.3, 0.4) is 0 Å². The second-order valence-electron chi connectivity index (χ2n) is 8.18. The molecule has 0 spiro atoms. The lowest BCUT2D eigenvalue weighted by atomic mass is 10.0. The molecule has 5 rings (SSSR count). The van der Waals surface area contributed by atoms with E-state index in [0.29, 0.717) is 24.1 Å². The van der Waals surface area contributed by atoms with Crippen molar-refractivity contribution in [3.8, 4) is 11.3 Å². The third kappa shape index (κ3) is 4.11. The van der Waals surface area contributed by atoms with E-state index in [2.05, 4.69) is 26.7 Å². The molecule has 7 heteroatoms. The van der Waals surface area contributed by atoms with Crippen LogP contribution in [-0.2, 0) is 6.54 Å². The second-order valence-corrected chi connectivity index (χ2v) is 8.18. The Hall–Kier alpha value is -3.58. The van der Waals surface area contributed by atoms with Gasteiger partial charge in [-0.15, -0.1) is 0 Å². The highest BCUT2D eigenvalue weighted by molar-refractivity contribution is 5.94. The fourth-order valence-corrected chi connectivity index (χ4v) is 4.26. The topological polar surface area (TPSA) is 82.5 Å². The SMILES string of the molecule is CNC1CCN(C(=O)c2ccc(Nc3ncc4c(n3)-c3ccccc3C=NC4)cc2)CC1. The van der Waals surface area contributed by atoms with Gasteiger partial charge in [-0.3, -0.25) is 9.79 Å². The van der Waals surface area contributed by atoms with Crippen molar-refractivity contribution in [1.82, 2.24) is 20.2 Å². The third-order valence-electron chi connectivity index (χ3n) is 6.15. The molecule has 0 radical (unpaired) electrons. The normalized spacial score (nSPS) is 15.6. The maximum atomic E-state index is 12.8. The van der Waals surface area contributed by atoms with Crippen molar-refractivity contribution in [3.63, 3.8) is 0 Å². The Bertz CT molecular complexity index is 1150. The molecule has 0 aliphatic carbocycles. The number of carbonyl (C=O) groups excluding carboxylic acids is 1. The van der Waals surface area contributed by atoms with Crippen LogP contribution in [0.15, 0.2) is 59.7 Å². The van der Waals surface area contributed by atoms with E-state index >= 15 is 0 Å². The number of piperidine rings is 1. The number of aliphatic imine (C=N–C) groups is 1. The van der Waals surface area contributed by atoms with Gasteiger partial charge in [-0.05, 0) is 44.2 Å². The van der Waals surface area contributed by atoms with Crippen LogP contribution in [0.2, 0.25) is 0 Å². The van der Waals surface area contributed by atoms with Crippen LogP contribution < -0.4 is 10.6 Å². The summed E-state index contributed by atoms with van der Waals surface area (Å²) in [4.78, 5) is 28.5. The van der Waals surface area contributed by atoms with E-state index in [4.69, 9.17) is 4.98 Å². The highest BCUT2D eigenvalue weighted by Gasteiger charge is 2.22. The van der Waals surface area contributed by atoms with Gasteiger partial charge in [0.25, 0.3) is 5.91 Å². The number of nitrogens with one attached hydrogen (secondary N) is 2. The van der Waals surface area contributed by atoms with E-state index in [0.717, 1.165) is 54.0 Å². The zero-order valence-corrected chi connectivity index (χ0v) is 18.1. The average Bonchev–Trinajstić information content (AvgIpc) is 3.03. The van der Waals surface area contributed by atoms with Gasteiger partial charge in [0.1, 0.15) is 0 Å². The lowest BCUT2D eigenvalue weighted by Crippen LogP contribution is -2.43. The number of amides is 1. The molecule has 3 aromatic rings. The fourth-order valence-electron chi connectivity index (χ4n) is 4.26. The van der Waals surface area contributed by atoms with Crippen LogP contribution in [0, 0.1) is 0 Å². The highest BCUT2D eigenvalue weighted by Crippen LogP contribution is 2.28. The largest absolute Gasteiger partial charge is 0.339 e. The van der Waals surface area contributed by atoms with Crippen molar-refractivity contribution in [2.45, 2.75) is 25.4 Å². The Labute approximate surface area is 187 Å². The fraction of sp³-hybridized carbons (Fsp3) is 0.280. The quantitative estimate of drug-likeness (QED) is 0.666. The van der Waals surface area contributed by atoms with E-state index < -0.39 is 0 Å². The minimum absolute atomic E-state index is 0.0870. The van der Waals surface area contributed by atoms with Crippen molar-refractivity contribution >= 4 is 23.8 Å². The number of likely N-dealkylation sites (tertiary alicyclic amines) is 1. The van der Waals surface area contributed by atoms with Crippen LogP contribution in [0.25, 0.3) is 11.3 Å². The molecule has 1 fully saturated rings. The van der Waals surface area contributed by atoms with Gasteiger partial charge in [-0.1, -0.05) is 24.3 Å². The Morgan fingerprint density at radius 1 is 1.06 bits per heavy atom. The first-order chi connectivity index (χ1) is 15.7. The van der Waals surface area contributed by atoms with Crippen molar-refractivity contribution in [2.24, 2.45) is 4.99 Å². The second kappa shape index (κ2) is 8.88. The zero-order valence-electron chi connectivity index (χ0n) is 18.1. The molecule has 0 atom stereocenters. The van der Waals surface area contributed by atoms with Gasteiger partial charge in [0.2, 0.25) is 5.95 Å². The number of benzene rings is 2. The number of anilines is 2. The molecule has 0 bridgehead atoms. The van der Waals surface area contributed by atoms with Crippen molar-refractivity contribution in [2.75, 3.05) is 25.5 Å². The molecule has 2 aliphatic rings. The number of aromatic nitrogens is 2. The molecule has 1 amide bonds. The summed E-state index contributed by atoms with van der Waals surface area (Å²) in [5, 5.41) is 6.56. The summed E-state index contributed by atoms with van der Waals surface area (Å²) in [5.74, 6) is 0.609. The lowest BCUT2D eigenvalue weighted by Gasteiger charge is -2.31. The standard InChI is InChI=1S/C25H26N6O/c1-26-20-10-12-31(13-11-20)24(32)17-6-8-21(9-7-17)29-25-28-16-19-15-27-14-18-4-2-3-5-22(18)23(19)30-25/h2-9,14,16,20,26H,10-13,15H2,1H3,(H,28,29,30). The highest BCUT2D eigenvalue weighted by atomic mass is 16.2. The molecule has 1 saturated heterocycles. The summed E-state index contributed by atoms with van der Waals surface area (Å²) < 4.78 is 0. The monoisotopic (exact) mass is 426 g/mol. The summed E-state index contributed by atoms with van der Waals surface area (Å²) >= 11 is 0. The molecular formula is C25H26N6O. The lowest BCUT2D eigenvalue weighted by molar-refractivity contribution is 0.0707. The van der Waals surface area contributed by atoms with E-state index in [1.165, 1.54) is 0 Å². The van der Waals surface area contributed by atoms with Gasteiger partial charge >= 0.3 is 0 Å². The first kappa shape index (κ1) is 20.3. The van der Waals surface area contributed by atoms with Gasteiger partial charge < -0.3 is 15.5 Å². The summed E-state index contributed by atoms with van der Waals surface area (Å²) in [6, 6.07) is 16.1.